The van der Waals surface area contributed by atoms with E-state index in [9.17, 15) is 15.0 Å². The van der Waals surface area contributed by atoms with Crippen molar-refractivity contribution in [1.82, 2.24) is 0 Å². The van der Waals surface area contributed by atoms with E-state index in [0.717, 1.165) is 19.3 Å². The molecule has 0 aliphatic heterocycles. The Labute approximate surface area is 195 Å². The highest BCUT2D eigenvalue weighted by Gasteiger charge is 2.67. The zero-order chi connectivity index (χ0) is 23.5. The molecule has 0 radical (unpaired) electrons. The Bertz CT molecular complexity index is 746. The van der Waals surface area contributed by atoms with Crippen molar-refractivity contribution in [3.8, 4) is 0 Å². The van der Waals surface area contributed by atoms with Gasteiger partial charge in [0.2, 0.25) is 0 Å². The fraction of sp³-hybridized carbons (Fsp3) is 0.893. The van der Waals surface area contributed by atoms with Gasteiger partial charge in [-0.15, -0.1) is 0 Å². The fourth-order valence-electron chi connectivity index (χ4n) is 9.01. The van der Waals surface area contributed by atoms with Crippen LogP contribution in [0, 0.1) is 46.3 Å². The van der Waals surface area contributed by atoms with Gasteiger partial charge in [-0.25, -0.2) is 0 Å². The topological polar surface area (TPSA) is 66.8 Å². The van der Waals surface area contributed by atoms with Crippen LogP contribution < -0.4 is 0 Å². The summed E-state index contributed by atoms with van der Waals surface area (Å²) < 4.78 is 5.48. The fourth-order valence-corrected chi connectivity index (χ4v) is 9.01. The van der Waals surface area contributed by atoms with E-state index < -0.39 is 11.7 Å². The third kappa shape index (κ3) is 3.68. The summed E-state index contributed by atoms with van der Waals surface area (Å²) in [7, 11) is 0. The molecule has 4 aliphatic rings. The van der Waals surface area contributed by atoms with E-state index in [1.54, 1.807) is 0 Å². The van der Waals surface area contributed by atoms with Crippen LogP contribution in [-0.2, 0) is 9.53 Å². The van der Waals surface area contributed by atoms with E-state index >= 15 is 0 Å². The lowest BCUT2D eigenvalue weighted by atomic mass is 9.42. The Morgan fingerprint density at radius 2 is 1.75 bits per heavy atom. The molecule has 0 amide bonds. The van der Waals surface area contributed by atoms with E-state index in [1.165, 1.54) is 26.2 Å². The number of hydrogen-bond acceptors (Lipinski definition) is 4. The molecule has 182 valence electrons. The predicted octanol–water partition coefficient (Wildman–Crippen LogP) is 5.51. The summed E-state index contributed by atoms with van der Waals surface area (Å²) in [6.45, 7) is 13.1. The average Bonchev–Trinajstić information content (AvgIpc) is 3.05. The first-order chi connectivity index (χ1) is 14.9. The maximum Gasteiger partial charge on any atom is 0.302 e. The van der Waals surface area contributed by atoms with E-state index in [4.69, 9.17) is 4.74 Å². The molecule has 32 heavy (non-hydrogen) atoms. The molecule has 2 N–H and O–H groups in total. The number of fused-ring (bicyclic) bond motifs is 5. The molecule has 0 aromatic carbocycles. The van der Waals surface area contributed by atoms with Gasteiger partial charge in [0.1, 0.15) is 6.10 Å². The Kier molecular flexibility index (Phi) is 6.38. The minimum atomic E-state index is -1.16. The van der Waals surface area contributed by atoms with Crippen molar-refractivity contribution in [3.05, 3.63) is 12.2 Å². The van der Waals surface area contributed by atoms with Crippen LogP contribution in [0.4, 0.5) is 0 Å². The molecule has 0 bridgehead atoms. The molecule has 4 aliphatic carbocycles. The number of carbonyl (C=O) groups excluding carboxylic acids is 1. The first-order valence-corrected chi connectivity index (χ1v) is 13.2. The second-order valence-corrected chi connectivity index (χ2v) is 12.7. The molecule has 4 saturated carbocycles. The molecular weight excluding hydrogens is 400 g/mol. The monoisotopic (exact) mass is 446 g/mol. The average molecular weight is 447 g/mol. The summed E-state index contributed by atoms with van der Waals surface area (Å²) in [5.74, 6) is 3.13. The number of aliphatic hydroxyl groups excluding tert-OH is 1. The van der Waals surface area contributed by atoms with Crippen LogP contribution in [0.2, 0.25) is 0 Å². The van der Waals surface area contributed by atoms with Gasteiger partial charge < -0.3 is 14.9 Å². The summed E-state index contributed by atoms with van der Waals surface area (Å²) in [5, 5.41) is 23.2. The van der Waals surface area contributed by atoms with Crippen LogP contribution in [-0.4, -0.2) is 34.0 Å². The highest BCUT2D eigenvalue weighted by atomic mass is 16.5. The zero-order valence-electron chi connectivity index (χ0n) is 21.1. The van der Waals surface area contributed by atoms with Crippen molar-refractivity contribution in [3.63, 3.8) is 0 Å². The number of esters is 1. The van der Waals surface area contributed by atoms with Crippen LogP contribution in [0.15, 0.2) is 12.2 Å². The van der Waals surface area contributed by atoms with Crippen molar-refractivity contribution >= 4 is 5.97 Å². The summed E-state index contributed by atoms with van der Waals surface area (Å²) in [5.41, 5.74) is -1.15. The molecule has 0 spiro atoms. The van der Waals surface area contributed by atoms with E-state index in [0.29, 0.717) is 53.8 Å². The van der Waals surface area contributed by atoms with E-state index in [2.05, 4.69) is 46.8 Å². The number of rotatable bonds is 4. The van der Waals surface area contributed by atoms with Crippen LogP contribution in [0.1, 0.15) is 92.9 Å². The summed E-state index contributed by atoms with van der Waals surface area (Å²) in [6.07, 6.45) is 11.3. The van der Waals surface area contributed by atoms with Gasteiger partial charge in [0.25, 0.3) is 0 Å². The van der Waals surface area contributed by atoms with E-state index in [1.807, 2.05) is 0 Å². The molecule has 4 fully saturated rings. The Hall–Kier alpha value is -0.870. The third-order valence-corrected chi connectivity index (χ3v) is 10.7. The molecule has 10 atom stereocenters. The van der Waals surface area contributed by atoms with Crippen LogP contribution in [0.3, 0.4) is 0 Å². The number of hydrogen-bond donors (Lipinski definition) is 2. The number of ether oxygens (including phenoxy) is 1. The van der Waals surface area contributed by atoms with Gasteiger partial charge in [0, 0.05) is 18.8 Å². The van der Waals surface area contributed by atoms with Gasteiger partial charge in [-0.1, -0.05) is 46.8 Å². The summed E-state index contributed by atoms with van der Waals surface area (Å²) in [6, 6.07) is 0. The lowest BCUT2D eigenvalue weighted by Gasteiger charge is -2.65. The number of aliphatic hydroxyl groups is 2. The highest BCUT2D eigenvalue weighted by Crippen LogP contribution is 2.69. The molecule has 0 saturated heterocycles. The molecule has 4 nitrogen and oxygen atoms in total. The molecule has 0 aromatic heterocycles. The number of allylic oxidation sites excluding steroid dienone is 2. The highest BCUT2D eigenvalue weighted by molar-refractivity contribution is 5.66. The van der Waals surface area contributed by atoms with Crippen molar-refractivity contribution in [2.45, 2.75) is 111 Å². The van der Waals surface area contributed by atoms with E-state index in [-0.39, 0.29) is 17.5 Å². The lowest BCUT2D eigenvalue weighted by molar-refractivity contribution is -0.266. The minimum absolute atomic E-state index is 0.282. The number of carbonyl (C=O) groups is 1. The second-order valence-electron chi connectivity index (χ2n) is 12.7. The lowest BCUT2D eigenvalue weighted by Crippen LogP contribution is -2.68. The van der Waals surface area contributed by atoms with Gasteiger partial charge in [-0.05, 0) is 85.9 Å². The van der Waals surface area contributed by atoms with Gasteiger partial charge in [0.05, 0.1) is 11.7 Å². The third-order valence-electron chi connectivity index (χ3n) is 10.7. The molecule has 4 rings (SSSR count). The van der Waals surface area contributed by atoms with Gasteiger partial charge in [-0.2, -0.15) is 0 Å². The van der Waals surface area contributed by atoms with Crippen molar-refractivity contribution in [1.29, 1.82) is 0 Å². The maximum atomic E-state index is 11.9. The van der Waals surface area contributed by atoms with Crippen molar-refractivity contribution < 1.29 is 19.7 Å². The predicted molar refractivity (Wildman–Crippen MR) is 127 cm³/mol. The zero-order valence-corrected chi connectivity index (χ0v) is 21.1. The van der Waals surface area contributed by atoms with Crippen molar-refractivity contribution in [2.75, 3.05) is 0 Å². The first-order valence-electron chi connectivity index (χ1n) is 13.2. The summed E-state index contributed by atoms with van der Waals surface area (Å²) in [4.78, 5) is 11.5. The standard InChI is InChI=1S/C28H46O4/c1-17(2)7-8-18(3)22-9-10-23-21-15-25(30)28(31)16-20(32-19(4)29)11-14-27(28,6)24(21)12-13-26(22,23)5/h7-8,17-18,20-25,30-31H,9-16H2,1-6H3/b8-7+/t18-,20+,21?,22-,23?,24?,25-,26-,27-,28+/m1/s1. The molecule has 0 aromatic rings. The molecule has 4 heteroatoms. The van der Waals surface area contributed by atoms with Crippen molar-refractivity contribution in [2.24, 2.45) is 46.3 Å². The minimum Gasteiger partial charge on any atom is -0.462 e. The SMILES string of the molecule is CC(=O)O[C@H]1CC[C@]2(C)C3CC[C@@]4(C)C(CC[C@@H]4[C@H](C)/C=C/C(C)C)C3C[C@@H](O)[C@@]2(O)C1. The largest absolute Gasteiger partial charge is 0.462 e. The summed E-state index contributed by atoms with van der Waals surface area (Å²) >= 11 is 0. The van der Waals surface area contributed by atoms with Crippen LogP contribution in [0.5, 0.6) is 0 Å². The normalized spacial score (nSPS) is 49.4. The first kappa shape index (κ1) is 24.3. The Balaban J connectivity index is 1.57. The molecule has 3 unspecified atom stereocenters. The van der Waals surface area contributed by atoms with Gasteiger partial charge >= 0.3 is 5.97 Å². The van der Waals surface area contributed by atoms with Gasteiger partial charge in [0.15, 0.2) is 0 Å². The van der Waals surface area contributed by atoms with Gasteiger partial charge in [-0.3, -0.25) is 4.79 Å². The van der Waals surface area contributed by atoms with Crippen LogP contribution >= 0.6 is 0 Å². The Morgan fingerprint density at radius 3 is 2.41 bits per heavy atom. The van der Waals surface area contributed by atoms with Crippen LogP contribution in [0.25, 0.3) is 0 Å². The second kappa shape index (κ2) is 8.41. The Morgan fingerprint density at radius 1 is 1.03 bits per heavy atom. The maximum absolute atomic E-state index is 11.9. The molecular formula is C28H46O4. The quantitative estimate of drug-likeness (QED) is 0.441. The molecule has 0 heterocycles. The smallest absolute Gasteiger partial charge is 0.302 e.